The number of carbonyl (C=O) groups excluding carboxylic acids is 1. The van der Waals surface area contributed by atoms with E-state index < -0.39 is 0 Å². The number of likely N-dealkylation sites (N-methyl/N-ethyl adjacent to an activating group) is 1. The molecule has 0 radical (unpaired) electrons. The predicted octanol–water partition coefficient (Wildman–Crippen LogP) is 3.26. The van der Waals surface area contributed by atoms with Crippen LogP contribution in [0, 0.1) is 6.92 Å². The second-order valence-electron chi connectivity index (χ2n) is 5.26. The molecule has 22 heavy (non-hydrogen) atoms. The first-order chi connectivity index (χ1) is 10.6. The molecule has 0 amide bonds. The van der Waals surface area contributed by atoms with Gasteiger partial charge in [-0.2, -0.15) is 0 Å². The van der Waals surface area contributed by atoms with Crippen molar-refractivity contribution in [2.45, 2.75) is 6.92 Å². The zero-order valence-corrected chi connectivity index (χ0v) is 12.7. The van der Waals surface area contributed by atoms with E-state index in [-0.39, 0.29) is 12.3 Å². The lowest BCUT2D eigenvalue weighted by molar-refractivity contribution is 0.0995. The van der Waals surface area contributed by atoms with Crippen molar-refractivity contribution >= 4 is 22.5 Å². The Morgan fingerprint density at radius 2 is 1.55 bits per heavy atom. The van der Waals surface area contributed by atoms with Crippen molar-refractivity contribution in [2.24, 2.45) is 0 Å². The van der Waals surface area contributed by atoms with Gasteiger partial charge in [-0.15, -0.1) is 0 Å². The summed E-state index contributed by atoms with van der Waals surface area (Å²) in [5, 5.41) is 0. The van der Waals surface area contributed by atoms with E-state index in [4.69, 9.17) is 0 Å². The van der Waals surface area contributed by atoms with Crippen LogP contribution in [0.1, 0.15) is 16.2 Å². The molecule has 0 N–H and O–H groups in total. The van der Waals surface area contributed by atoms with Crippen molar-refractivity contribution in [3.8, 4) is 0 Å². The quantitative estimate of drug-likeness (QED) is 0.692. The van der Waals surface area contributed by atoms with Gasteiger partial charge < -0.3 is 4.90 Å². The molecule has 1 heterocycles. The fourth-order valence-corrected chi connectivity index (χ4v) is 2.42. The number of Topliss-reactive ketones (excluding diaryl/α,β-unsaturated/α-hetero) is 1. The van der Waals surface area contributed by atoms with Gasteiger partial charge in [0.1, 0.15) is 5.69 Å². The summed E-state index contributed by atoms with van der Waals surface area (Å²) in [6.45, 7) is 2.10. The van der Waals surface area contributed by atoms with Crippen LogP contribution in [0.3, 0.4) is 0 Å². The van der Waals surface area contributed by atoms with Crippen LogP contribution in [0.15, 0.2) is 54.6 Å². The maximum absolute atomic E-state index is 12.5. The molecule has 0 aliphatic heterocycles. The Morgan fingerprint density at radius 3 is 2.23 bits per heavy atom. The van der Waals surface area contributed by atoms with Gasteiger partial charge in [-0.3, -0.25) is 4.79 Å². The first kappa shape index (κ1) is 14.2. The molecule has 0 aliphatic carbocycles. The third kappa shape index (κ3) is 2.81. The zero-order chi connectivity index (χ0) is 15.5. The van der Waals surface area contributed by atoms with Crippen LogP contribution < -0.4 is 4.90 Å². The minimum Gasteiger partial charge on any atom is -0.367 e. The van der Waals surface area contributed by atoms with Crippen LogP contribution in [-0.4, -0.2) is 29.3 Å². The van der Waals surface area contributed by atoms with Gasteiger partial charge in [0.15, 0.2) is 0 Å². The average Bonchev–Trinajstić information content (AvgIpc) is 2.54. The topological polar surface area (TPSA) is 46.1 Å². The summed E-state index contributed by atoms with van der Waals surface area (Å²) in [5.74, 6) is -0.0258. The number of nitrogens with zero attached hydrogens (tertiary/aromatic N) is 3. The van der Waals surface area contributed by atoms with Crippen molar-refractivity contribution in [3.05, 3.63) is 66.0 Å². The van der Waals surface area contributed by atoms with Gasteiger partial charge in [-0.1, -0.05) is 30.3 Å². The van der Waals surface area contributed by atoms with Crippen LogP contribution >= 0.6 is 0 Å². The summed E-state index contributed by atoms with van der Waals surface area (Å²) in [6.07, 6.45) is 0. The summed E-state index contributed by atoms with van der Waals surface area (Å²) in [7, 11) is 1.90. The van der Waals surface area contributed by atoms with Crippen molar-refractivity contribution in [1.82, 2.24) is 9.97 Å². The molecule has 3 rings (SSSR count). The third-order valence-corrected chi connectivity index (χ3v) is 3.59. The largest absolute Gasteiger partial charge is 0.367 e. The summed E-state index contributed by atoms with van der Waals surface area (Å²) in [6, 6.07) is 17.4. The molecule has 0 bridgehead atoms. The summed E-state index contributed by atoms with van der Waals surface area (Å²) < 4.78 is 0. The van der Waals surface area contributed by atoms with E-state index in [0.717, 1.165) is 16.7 Å². The highest BCUT2D eigenvalue weighted by atomic mass is 16.1. The monoisotopic (exact) mass is 291 g/mol. The van der Waals surface area contributed by atoms with E-state index >= 15 is 0 Å². The number of fused-ring (bicyclic) bond motifs is 1. The molecule has 0 fully saturated rings. The lowest BCUT2D eigenvalue weighted by atomic mass is 10.2. The lowest BCUT2D eigenvalue weighted by Crippen LogP contribution is -2.26. The van der Waals surface area contributed by atoms with Gasteiger partial charge in [0.05, 0.1) is 23.3 Å². The van der Waals surface area contributed by atoms with Crippen LogP contribution in [0.4, 0.5) is 5.69 Å². The molecule has 3 aromatic rings. The van der Waals surface area contributed by atoms with Crippen LogP contribution in [0.2, 0.25) is 0 Å². The third-order valence-electron chi connectivity index (χ3n) is 3.59. The molecule has 0 unspecified atom stereocenters. The van der Waals surface area contributed by atoms with Gasteiger partial charge in [0.25, 0.3) is 0 Å². The smallest absolute Gasteiger partial charge is 0.202 e. The number of para-hydroxylation sites is 3. The van der Waals surface area contributed by atoms with E-state index in [1.165, 1.54) is 0 Å². The number of hydrogen-bond acceptors (Lipinski definition) is 4. The molecule has 4 heteroatoms. The number of aryl methyl sites for hydroxylation is 1. The number of ketones is 1. The van der Waals surface area contributed by atoms with Crippen molar-refractivity contribution < 1.29 is 4.79 Å². The molecule has 2 aromatic carbocycles. The maximum Gasteiger partial charge on any atom is 0.202 e. The predicted molar refractivity (Wildman–Crippen MR) is 88.3 cm³/mol. The highest BCUT2D eigenvalue weighted by molar-refractivity contribution is 5.99. The Balaban J connectivity index is 1.87. The molecule has 1 aromatic heterocycles. The first-order valence-corrected chi connectivity index (χ1v) is 7.18. The Kier molecular flexibility index (Phi) is 3.83. The van der Waals surface area contributed by atoms with Gasteiger partial charge >= 0.3 is 0 Å². The second-order valence-corrected chi connectivity index (χ2v) is 5.26. The highest BCUT2D eigenvalue weighted by Gasteiger charge is 2.15. The Bertz CT molecular complexity index is 815. The zero-order valence-electron chi connectivity index (χ0n) is 12.7. The molecule has 0 atom stereocenters. The number of benzene rings is 2. The molecule has 0 aliphatic rings. The van der Waals surface area contributed by atoms with Crippen LogP contribution in [0.5, 0.6) is 0 Å². The maximum atomic E-state index is 12.5. The number of carbonyl (C=O) groups is 1. The molecule has 0 saturated heterocycles. The Hall–Kier alpha value is -2.75. The second kappa shape index (κ2) is 5.93. The van der Waals surface area contributed by atoms with E-state index in [1.54, 1.807) is 0 Å². The van der Waals surface area contributed by atoms with Gasteiger partial charge in [-0.25, -0.2) is 9.97 Å². The van der Waals surface area contributed by atoms with Gasteiger partial charge in [0, 0.05) is 12.7 Å². The van der Waals surface area contributed by atoms with E-state index in [0.29, 0.717) is 11.4 Å². The molecular weight excluding hydrogens is 274 g/mol. The summed E-state index contributed by atoms with van der Waals surface area (Å²) >= 11 is 0. The summed E-state index contributed by atoms with van der Waals surface area (Å²) in [5.41, 5.74) is 3.68. The van der Waals surface area contributed by atoms with Crippen LogP contribution in [0.25, 0.3) is 11.0 Å². The van der Waals surface area contributed by atoms with E-state index in [1.807, 2.05) is 73.5 Å². The van der Waals surface area contributed by atoms with Gasteiger partial charge in [0.2, 0.25) is 5.78 Å². The average molecular weight is 291 g/mol. The van der Waals surface area contributed by atoms with Crippen molar-refractivity contribution in [2.75, 3.05) is 18.5 Å². The summed E-state index contributed by atoms with van der Waals surface area (Å²) in [4.78, 5) is 23.4. The number of rotatable bonds is 4. The Morgan fingerprint density at radius 1 is 0.955 bits per heavy atom. The fraction of sp³-hybridized carbons (Fsp3) is 0.167. The highest BCUT2D eigenvalue weighted by Crippen LogP contribution is 2.15. The lowest BCUT2D eigenvalue weighted by Gasteiger charge is -2.18. The molecule has 110 valence electrons. The molecular formula is C18H17N3O. The van der Waals surface area contributed by atoms with Gasteiger partial charge in [-0.05, 0) is 31.2 Å². The van der Waals surface area contributed by atoms with Crippen molar-refractivity contribution in [3.63, 3.8) is 0 Å². The normalized spacial score (nSPS) is 10.6. The van der Waals surface area contributed by atoms with E-state index in [2.05, 4.69) is 9.97 Å². The fourth-order valence-electron chi connectivity index (χ4n) is 2.42. The number of aromatic nitrogens is 2. The molecule has 0 saturated carbocycles. The minimum atomic E-state index is -0.0258. The van der Waals surface area contributed by atoms with E-state index in [9.17, 15) is 4.79 Å². The van der Waals surface area contributed by atoms with Crippen molar-refractivity contribution in [1.29, 1.82) is 0 Å². The number of hydrogen-bond donors (Lipinski definition) is 0. The first-order valence-electron chi connectivity index (χ1n) is 7.18. The molecule has 4 nitrogen and oxygen atoms in total. The number of anilines is 1. The standard InChI is InChI=1S/C18H17N3O/c1-13-18(20-16-11-7-6-10-15(16)19-13)17(22)12-21(2)14-8-4-3-5-9-14/h3-11H,12H2,1-2H3. The minimum absolute atomic E-state index is 0.0258. The van der Waals surface area contributed by atoms with Crippen LogP contribution in [-0.2, 0) is 0 Å². The SMILES string of the molecule is Cc1nc2ccccc2nc1C(=O)CN(C)c1ccccc1. The Labute approximate surface area is 129 Å². The molecule has 0 spiro atoms.